The van der Waals surface area contributed by atoms with Crippen LogP contribution < -0.4 is 5.73 Å². The molecule has 22 heavy (non-hydrogen) atoms. The van der Waals surface area contributed by atoms with Crippen LogP contribution in [0.2, 0.25) is 0 Å². The van der Waals surface area contributed by atoms with Gasteiger partial charge >= 0.3 is 0 Å². The maximum atomic E-state index is 6.23. The van der Waals surface area contributed by atoms with E-state index in [1.807, 2.05) is 31.2 Å². The first-order valence-corrected chi connectivity index (χ1v) is 7.30. The summed E-state index contributed by atoms with van der Waals surface area (Å²) in [6.07, 6.45) is 4.25. The third-order valence-electron chi connectivity index (χ3n) is 4.20. The van der Waals surface area contributed by atoms with Crippen molar-refractivity contribution in [1.29, 1.82) is 0 Å². The summed E-state index contributed by atoms with van der Waals surface area (Å²) in [5.41, 5.74) is 8.43. The second kappa shape index (κ2) is 4.78. The lowest BCUT2D eigenvalue weighted by atomic mass is 9.77. The van der Waals surface area contributed by atoms with Gasteiger partial charge in [-0.25, -0.2) is 4.98 Å². The Bertz CT molecular complexity index is 800. The van der Waals surface area contributed by atoms with Crippen LogP contribution in [-0.2, 0) is 5.54 Å². The fourth-order valence-electron chi connectivity index (χ4n) is 2.61. The molecule has 2 aromatic heterocycles. The third-order valence-corrected chi connectivity index (χ3v) is 4.20. The minimum absolute atomic E-state index is 0.344. The Balaban J connectivity index is 1.72. The minimum Gasteiger partial charge on any atom is -0.443 e. The van der Waals surface area contributed by atoms with Gasteiger partial charge in [0.1, 0.15) is 0 Å². The van der Waals surface area contributed by atoms with Gasteiger partial charge in [-0.2, -0.15) is 4.98 Å². The van der Waals surface area contributed by atoms with Crippen LogP contribution in [0, 0.1) is 6.92 Å². The van der Waals surface area contributed by atoms with Crippen LogP contribution in [0.5, 0.6) is 0 Å². The quantitative estimate of drug-likeness (QED) is 0.798. The van der Waals surface area contributed by atoms with Crippen molar-refractivity contribution in [2.24, 2.45) is 5.73 Å². The first kappa shape index (κ1) is 13.2. The van der Waals surface area contributed by atoms with Crippen LogP contribution in [0.4, 0.5) is 0 Å². The van der Waals surface area contributed by atoms with Gasteiger partial charge in [-0.3, -0.25) is 0 Å². The molecule has 1 aliphatic rings. The largest absolute Gasteiger partial charge is 0.443 e. The van der Waals surface area contributed by atoms with Gasteiger partial charge in [0.2, 0.25) is 0 Å². The molecule has 2 heterocycles. The molecule has 0 saturated heterocycles. The standard InChI is InChI=1S/C16H16N4O2/c1-10-3-5-11(6-4-10)13-12(18-9-21-13)14-19-15(20-22-14)16(17)7-2-8-16/h3-6,9H,2,7-8,17H2,1H3. The Kier molecular flexibility index (Phi) is 2.87. The van der Waals surface area contributed by atoms with Gasteiger partial charge in [-0.15, -0.1) is 0 Å². The number of oxazole rings is 1. The third kappa shape index (κ3) is 2.03. The molecule has 0 radical (unpaired) electrons. The molecule has 1 aromatic carbocycles. The number of aromatic nitrogens is 3. The summed E-state index contributed by atoms with van der Waals surface area (Å²) >= 11 is 0. The molecule has 2 N–H and O–H groups in total. The summed E-state index contributed by atoms with van der Waals surface area (Å²) in [6, 6.07) is 7.99. The van der Waals surface area contributed by atoms with E-state index in [4.69, 9.17) is 14.7 Å². The predicted octanol–water partition coefficient (Wildman–Crippen LogP) is 3.04. The molecular weight excluding hydrogens is 280 g/mol. The lowest BCUT2D eigenvalue weighted by Crippen LogP contribution is -2.44. The van der Waals surface area contributed by atoms with Crippen molar-refractivity contribution in [2.75, 3.05) is 0 Å². The van der Waals surface area contributed by atoms with Gasteiger partial charge in [0, 0.05) is 5.56 Å². The zero-order valence-electron chi connectivity index (χ0n) is 12.2. The number of hydrogen-bond acceptors (Lipinski definition) is 6. The summed E-state index contributed by atoms with van der Waals surface area (Å²) < 4.78 is 10.9. The van der Waals surface area contributed by atoms with Crippen LogP contribution in [0.15, 0.2) is 39.6 Å². The molecule has 0 aliphatic heterocycles. The molecule has 4 rings (SSSR count). The van der Waals surface area contributed by atoms with Crippen molar-refractivity contribution in [3.05, 3.63) is 42.0 Å². The average Bonchev–Trinajstić information content (AvgIpc) is 3.14. The van der Waals surface area contributed by atoms with Gasteiger partial charge in [0.15, 0.2) is 23.7 Å². The van der Waals surface area contributed by atoms with Crippen LogP contribution >= 0.6 is 0 Å². The topological polar surface area (TPSA) is 91.0 Å². The second-order valence-corrected chi connectivity index (χ2v) is 5.83. The van der Waals surface area contributed by atoms with Crippen LogP contribution in [-0.4, -0.2) is 15.1 Å². The number of nitrogens with zero attached hydrogens (tertiary/aromatic N) is 3. The lowest BCUT2D eigenvalue weighted by molar-refractivity contribution is 0.229. The summed E-state index contributed by atoms with van der Waals surface area (Å²) in [6.45, 7) is 2.04. The molecule has 6 heteroatoms. The van der Waals surface area contributed by atoms with Crippen molar-refractivity contribution in [3.63, 3.8) is 0 Å². The zero-order chi connectivity index (χ0) is 15.2. The van der Waals surface area contributed by atoms with E-state index < -0.39 is 5.54 Å². The Labute approximate surface area is 127 Å². The molecular formula is C16H16N4O2. The fraction of sp³-hybridized carbons (Fsp3) is 0.312. The highest BCUT2D eigenvalue weighted by molar-refractivity contribution is 5.72. The normalized spacial score (nSPS) is 16.5. The molecule has 0 atom stereocenters. The predicted molar refractivity (Wildman–Crippen MR) is 79.7 cm³/mol. The monoisotopic (exact) mass is 296 g/mol. The SMILES string of the molecule is Cc1ccc(-c2ocnc2-c2nc(C3(N)CCC3)no2)cc1. The van der Waals surface area contributed by atoms with E-state index in [0.717, 1.165) is 24.8 Å². The smallest absolute Gasteiger partial charge is 0.280 e. The summed E-state index contributed by atoms with van der Waals surface area (Å²) in [4.78, 5) is 8.65. The second-order valence-electron chi connectivity index (χ2n) is 5.83. The van der Waals surface area contributed by atoms with E-state index in [1.165, 1.54) is 12.0 Å². The highest BCUT2D eigenvalue weighted by atomic mass is 16.5. The number of rotatable bonds is 3. The van der Waals surface area contributed by atoms with E-state index in [9.17, 15) is 0 Å². The summed E-state index contributed by atoms with van der Waals surface area (Å²) in [5, 5.41) is 4.02. The molecule has 0 amide bonds. The highest BCUT2D eigenvalue weighted by Crippen LogP contribution is 2.38. The van der Waals surface area contributed by atoms with Crippen LogP contribution in [0.1, 0.15) is 30.7 Å². The number of nitrogens with two attached hydrogens (primary N) is 1. The Morgan fingerprint density at radius 3 is 2.64 bits per heavy atom. The van der Waals surface area contributed by atoms with E-state index in [-0.39, 0.29) is 0 Å². The summed E-state index contributed by atoms with van der Waals surface area (Å²) in [5.74, 6) is 1.51. The van der Waals surface area contributed by atoms with Crippen molar-refractivity contribution in [2.45, 2.75) is 31.7 Å². The number of benzene rings is 1. The number of aryl methyl sites for hydroxylation is 1. The Morgan fingerprint density at radius 2 is 1.95 bits per heavy atom. The molecule has 6 nitrogen and oxygen atoms in total. The minimum atomic E-state index is -0.449. The maximum absolute atomic E-state index is 6.23. The molecule has 0 spiro atoms. The fourth-order valence-corrected chi connectivity index (χ4v) is 2.61. The lowest BCUT2D eigenvalue weighted by Gasteiger charge is -2.34. The van der Waals surface area contributed by atoms with Gasteiger partial charge in [-0.1, -0.05) is 35.0 Å². The number of hydrogen-bond donors (Lipinski definition) is 1. The molecule has 0 bridgehead atoms. The Hall–Kier alpha value is -2.47. The van der Waals surface area contributed by atoms with Crippen molar-refractivity contribution in [1.82, 2.24) is 15.1 Å². The van der Waals surface area contributed by atoms with Gasteiger partial charge in [0.25, 0.3) is 5.89 Å². The highest BCUT2D eigenvalue weighted by Gasteiger charge is 2.39. The first-order chi connectivity index (χ1) is 10.7. The van der Waals surface area contributed by atoms with Gasteiger partial charge < -0.3 is 14.7 Å². The first-order valence-electron chi connectivity index (χ1n) is 7.30. The molecule has 1 fully saturated rings. The van der Waals surface area contributed by atoms with Gasteiger partial charge in [0.05, 0.1) is 5.54 Å². The van der Waals surface area contributed by atoms with Crippen LogP contribution in [0.25, 0.3) is 22.9 Å². The van der Waals surface area contributed by atoms with E-state index in [2.05, 4.69) is 15.1 Å². The maximum Gasteiger partial charge on any atom is 0.280 e. The molecule has 3 aromatic rings. The van der Waals surface area contributed by atoms with Crippen molar-refractivity contribution in [3.8, 4) is 22.9 Å². The van der Waals surface area contributed by atoms with E-state index in [1.54, 1.807) is 0 Å². The van der Waals surface area contributed by atoms with E-state index in [0.29, 0.717) is 23.2 Å². The molecule has 0 unspecified atom stereocenters. The molecule has 1 aliphatic carbocycles. The van der Waals surface area contributed by atoms with Crippen molar-refractivity contribution < 1.29 is 8.94 Å². The zero-order valence-corrected chi connectivity index (χ0v) is 12.2. The van der Waals surface area contributed by atoms with Gasteiger partial charge in [-0.05, 0) is 26.2 Å². The molecule has 112 valence electrons. The average molecular weight is 296 g/mol. The van der Waals surface area contributed by atoms with Crippen molar-refractivity contribution >= 4 is 0 Å². The van der Waals surface area contributed by atoms with Crippen LogP contribution in [0.3, 0.4) is 0 Å². The van der Waals surface area contributed by atoms with E-state index >= 15 is 0 Å². The Morgan fingerprint density at radius 1 is 1.18 bits per heavy atom. The summed E-state index contributed by atoms with van der Waals surface area (Å²) in [7, 11) is 0. The molecule has 1 saturated carbocycles.